The lowest BCUT2D eigenvalue weighted by atomic mass is 10.1. The van der Waals surface area contributed by atoms with Gasteiger partial charge >= 0.3 is 0 Å². The van der Waals surface area contributed by atoms with Gasteiger partial charge in [0, 0.05) is 34.8 Å². The second-order valence-corrected chi connectivity index (χ2v) is 5.78. The summed E-state index contributed by atoms with van der Waals surface area (Å²) in [6.07, 6.45) is 0. The predicted molar refractivity (Wildman–Crippen MR) is 71.1 cm³/mol. The number of aliphatic hydroxyl groups excluding tert-OH is 1. The molecule has 0 aromatic heterocycles. The van der Waals surface area contributed by atoms with Crippen molar-refractivity contribution < 1.29 is 5.11 Å². The Kier molecular flexibility index (Phi) is 3.77. The van der Waals surface area contributed by atoms with Crippen molar-refractivity contribution in [1.82, 2.24) is 0 Å². The number of anilines is 1. The fourth-order valence-corrected chi connectivity index (χ4v) is 3.30. The molecular weight excluding hydrogens is 218 g/mol. The molecule has 0 aliphatic carbocycles. The Labute approximate surface area is 102 Å². The Morgan fingerprint density at radius 1 is 1.38 bits per heavy atom. The summed E-state index contributed by atoms with van der Waals surface area (Å²) in [6, 6.07) is 8.70. The molecule has 2 atom stereocenters. The highest BCUT2D eigenvalue weighted by Crippen LogP contribution is 2.31. The molecule has 0 saturated carbocycles. The van der Waals surface area contributed by atoms with Gasteiger partial charge in [-0.3, -0.25) is 0 Å². The van der Waals surface area contributed by atoms with Gasteiger partial charge in [0.2, 0.25) is 0 Å². The van der Waals surface area contributed by atoms with Gasteiger partial charge in [-0.15, -0.1) is 0 Å². The van der Waals surface area contributed by atoms with Crippen molar-refractivity contribution in [1.29, 1.82) is 0 Å². The number of para-hydroxylation sites is 1. The van der Waals surface area contributed by atoms with Gasteiger partial charge in [0.05, 0.1) is 6.61 Å². The topological polar surface area (TPSA) is 23.5 Å². The van der Waals surface area contributed by atoms with Crippen LogP contribution in [0.3, 0.4) is 0 Å². The van der Waals surface area contributed by atoms with Gasteiger partial charge in [-0.1, -0.05) is 25.1 Å². The average molecular weight is 237 g/mol. The van der Waals surface area contributed by atoms with Crippen LogP contribution in [0.5, 0.6) is 0 Å². The summed E-state index contributed by atoms with van der Waals surface area (Å²) >= 11 is 2.03. The average Bonchev–Trinajstić information content (AvgIpc) is 2.33. The molecule has 1 aliphatic heterocycles. The maximum absolute atomic E-state index is 9.37. The van der Waals surface area contributed by atoms with E-state index in [1.54, 1.807) is 0 Å². The van der Waals surface area contributed by atoms with E-state index in [1.807, 2.05) is 30.0 Å². The third kappa shape index (κ3) is 2.20. The molecule has 0 radical (unpaired) electrons. The maximum atomic E-state index is 9.37. The molecule has 1 N–H and O–H groups in total. The minimum Gasteiger partial charge on any atom is -0.392 e. The zero-order valence-electron chi connectivity index (χ0n) is 9.89. The van der Waals surface area contributed by atoms with Gasteiger partial charge in [0.1, 0.15) is 0 Å². The van der Waals surface area contributed by atoms with E-state index >= 15 is 0 Å². The monoisotopic (exact) mass is 237 g/mol. The maximum Gasteiger partial charge on any atom is 0.0702 e. The van der Waals surface area contributed by atoms with E-state index in [-0.39, 0.29) is 6.61 Å². The molecule has 1 aromatic carbocycles. The van der Waals surface area contributed by atoms with Crippen molar-refractivity contribution in [2.45, 2.75) is 31.7 Å². The molecule has 2 unspecified atom stereocenters. The van der Waals surface area contributed by atoms with Crippen LogP contribution in [0.2, 0.25) is 0 Å². The Balaban J connectivity index is 2.28. The van der Waals surface area contributed by atoms with E-state index in [1.165, 1.54) is 11.4 Å². The van der Waals surface area contributed by atoms with Crippen molar-refractivity contribution in [3.8, 4) is 0 Å². The summed E-state index contributed by atoms with van der Waals surface area (Å²) in [5.41, 5.74) is 2.23. The molecule has 2 nitrogen and oxygen atoms in total. The second-order valence-electron chi connectivity index (χ2n) is 4.30. The van der Waals surface area contributed by atoms with Crippen molar-refractivity contribution in [2.24, 2.45) is 0 Å². The molecule has 1 aromatic rings. The first kappa shape index (κ1) is 11.8. The SMILES string of the molecule is CC1SCCN(c2ccccc2CO)C1C. The Morgan fingerprint density at radius 2 is 2.12 bits per heavy atom. The number of thioether (sulfide) groups is 1. The summed E-state index contributed by atoms with van der Waals surface area (Å²) in [6.45, 7) is 5.75. The largest absolute Gasteiger partial charge is 0.392 e. The molecule has 1 saturated heterocycles. The van der Waals surface area contributed by atoms with E-state index in [9.17, 15) is 5.11 Å². The van der Waals surface area contributed by atoms with Gasteiger partial charge in [-0.05, 0) is 13.0 Å². The summed E-state index contributed by atoms with van der Waals surface area (Å²) in [7, 11) is 0. The lowest BCUT2D eigenvalue weighted by Crippen LogP contribution is -2.45. The van der Waals surface area contributed by atoms with E-state index in [4.69, 9.17) is 0 Å². The quantitative estimate of drug-likeness (QED) is 0.855. The van der Waals surface area contributed by atoms with Crippen molar-refractivity contribution in [3.63, 3.8) is 0 Å². The zero-order chi connectivity index (χ0) is 11.5. The van der Waals surface area contributed by atoms with Gasteiger partial charge in [0.15, 0.2) is 0 Å². The molecule has 1 aliphatic rings. The molecule has 16 heavy (non-hydrogen) atoms. The van der Waals surface area contributed by atoms with Gasteiger partial charge < -0.3 is 10.0 Å². The van der Waals surface area contributed by atoms with E-state index in [0.717, 1.165) is 12.1 Å². The van der Waals surface area contributed by atoms with Crippen LogP contribution in [0.1, 0.15) is 19.4 Å². The smallest absolute Gasteiger partial charge is 0.0702 e. The molecule has 2 rings (SSSR count). The third-order valence-corrected chi connectivity index (χ3v) is 4.69. The Hall–Kier alpha value is -0.670. The lowest BCUT2D eigenvalue weighted by molar-refractivity contribution is 0.282. The van der Waals surface area contributed by atoms with Crippen molar-refractivity contribution in [3.05, 3.63) is 29.8 Å². The predicted octanol–water partition coefficient (Wildman–Crippen LogP) is 2.51. The van der Waals surface area contributed by atoms with Crippen molar-refractivity contribution >= 4 is 17.4 Å². The van der Waals surface area contributed by atoms with Gasteiger partial charge in [0.25, 0.3) is 0 Å². The number of aliphatic hydroxyl groups is 1. The van der Waals surface area contributed by atoms with E-state index in [2.05, 4.69) is 24.8 Å². The molecule has 3 heteroatoms. The van der Waals surface area contributed by atoms with E-state index in [0.29, 0.717) is 11.3 Å². The fourth-order valence-electron chi connectivity index (χ4n) is 2.20. The first-order valence-electron chi connectivity index (χ1n) is 5.81. The summed E-state index contributed by atoms with van der Waals surface area (Å²) in [4.78, 5) is 2.42. The lowest BCUT2D eigenvalue weighted by Gasteiger charge is -2.40. The fraction of sp³-hybridized carbons (Fsp3) is 0.538. The summed E-state index contributed by atoms with van der Waals surface area (Å²) in [5, 5.41) is 10.0. The molecular formula is C13H19NOS. The first-order chi connectivity index (χ1) is 7.74. The number of benzene rings is 1. The van der Waals surface area contributed by atoms with Crippen LogP contribution in [0.15, 0.2) is 24.3 Å². The van der Waals surface area contributed by atoms with Crippen LogP contribution < -0.4 is 4.90 Å². The van der Waals surface area contributed by atoms with Gasteiger partial charge in [-0.2, -0.15) is 11.8 Å². The van der Waals surface area contributed by atoms with Crippen LogP contribution >= 0.6 is 11.8 Å². The van der Waals surface area contributed by atoms with E-state index < -0.39 is 0 Å². The molecule has 1 heterocycles. The summed E-state index contributed by atoms with van der Waals surface area (Å²) < 4.78 is 0. The highest BCUT2D eigenvalue weighted by Gasteiger charge is 2.26. The third-order valence-electron chi connectivity index (χ3n) is 3.36. The zero-order valence-corrected chi connectivity index (χ0v) is 10.7. The highest BCUT2D eigenvalue weighted by atomic mass is 32.2. The van der Waals surface area contributed by atoms with Crippen LogP contribution in [0.4, 0.5) is 5.69 Å². The van der Waals surface area contributed by atoms with Crippen LogP contribution in [0.25, 0.3) is 0 Å². The van der Waals surface area contributed by atoms with Crippen LogP contribution in [-0.2, 0) is 6.61 Å². The highest BCUT2D eigenvalue weighted by molar-refractivity contribution is 8.00. The minimum atomic E-state index is 0.126. The van der Waals surface area contributed by atoms with Crippen molar-refractivity contribution in [2.75, 3.05) is 17.2 Å². The molecule has 88 valence electrons. The number of hydrogen-bond acceptors (Lipinski definition) is 3. The molecule has 0 bridgehead atoms. The number of nitrogens with zero attached hydrogens (tertiary/aromatic N) is 1. The van der Waals surface area contributed by atoms with Gasteiger partial charge in [-0.25, -0.2) is 0 Å². The second kappa shape index (κ2) is 5.11. The normalized spacial score (nSPS) is 25.8. The number of rotatable bonds is 2. The first-order valence-corrected chi connectivity index (χ1v) is 6.86. The minimum absolute atomic E-state index is 0.126. The molecule has 0 spiro atoms. The Bertz CT molecular complexity index is 356. The van der Waals surface area contributed by atoms with Crippen LogP contribution in [0, 0.1) is 0 Å². The molecule has 1 fully saturated rings. The summed E-state index contributed by atoms with van der Waals surface area (Å²) in [5.74, 6) is 1.17. The standard InChI is InChI=1S/C13H19NOS/c1-10-11(2)16-8-7-14(10)13-6-4-3-5-12(13)9-15/h3-6,10-11,15H,7-9H2,1-2H3. The van der Waals surface area contributed by atoms with Crippen LogP contribution in [-0.4, -0.2) is 28.7 Å². The molecule has 0 amide bonds. The Morgan fingerprint density at radius 3 is 2.88 bits per heavy atom. The number of hydrogen-bond donors (Lipinski definition) is 1.